The number of hydrogen-bond donors (Lipinski definition) is 0. The van der Waals surface area contributed by atoms with Gasteiger partial charge in [-0.05, 0) is 74.4 Å². The summed E-state index contributed by atoms with van der Waals surface area (Å²) in [4.78, 5) is 18.3. The van der Waals surface area contributed by atoms with Gasteiger partial charge in [0.1, 0.15) is 5.58 Å². The van der Waals surface area contributed by atoms with E-state index in [0.717, 1.165) is 16.5 Å². The summed E-state index contributed by atoms with van der Waals surface area (Å²) in [6.07, 6.45) is 3.99. The molecule has 0 aliphatic rings. The highest BCUT2D eigenvalue weighted by Gasteiger charge is 2.17. The van der Waals surface area contributed by atoms with Crippen LogP contribution >= 0.6 is 11.6 Å². The number of ether oxygens (including phenoxy) is 2. The summed E-state index contributed by atoms with van der Waals surface area (Å²) >= 11 is 6.17. The van der Waals surface area contributed by atoms with Crippen LogP contribution in [-0.4, -0.2) is 29.1 Å². The second-order valence-corrected chi connectivity index (χ2v) is 8.91. The Labute approximate surface area is 224 Å². The average molecular weight is 528 g/mol. The summed E-state index contributed by atoms with van der Waals surface area (Å²) < 4.78 is 19.0. The van der Waals surface area contributed by atoms with Gasteiger partial charge in [0.15, 0.2) is 17.3 Å². The lowest BCUT2D eigenvalue weighted by Crippen LogP contribution is -2.20. The van der Waals surface area contributed by atoms with Gasteiger partial charge in [-0.25, -0.2) is 4.98 Å². The molecule has 5 aromatic rings. The molecule has 0 N–H and O–H groups in total. The first-order valence-corrected chi connectivity index (χ1v) is 12.7. The molecule has 0 spiro atoms. The van der Waals surface area contributed by atoms with Crippen molar-refractivity contribution < 1.29 is 13.9 Å². The summed E-state index contributed by atoms with van der Waals surface area (Å²) in [6, 6.07) is 18.1. The van der Waals surface area contributed by atoms with Crippen molar-refractivity contribution in [3.63, 3.8) is 0 Å². The molecule has 0 aliphatic carbocycles. The van der Waals surface area contributed by atoms with Crippen molar-refractivity contribution in [1.29, 1.82) is 0 Å². The molecule has 0 saturated carbocycles. The summed E-state index contributed by atoms with van der Waals surface area (Å²) in [7, 11) is 0. The molecule has 192 valence electrons. The predicted molar refractivity (Wildman–Crippen MR) is 152 cm³/mol. The molecule has 3 aromatic carbocycles. The van der Waals surface area contributed by atoms with Gasteiger partial charge in [-0.1, -0.05) is 29.8 Å². The maximum atomic E-state index is 13.6. The zero-order valence-electron chi connectivity index (χ0n) is 21.1. The number of aromatic nitrogens is 2. The Hall–Kier alpha value is -4.36. The zero-order chi connectivity index (χ0) is 26.6. The van der Waals surface area contributed by atoms with Crippen molar-refractivity contribution >= 4 is 39.7 Å². The van der Waals surface area contributed by atoms with Crippen LogP contribution in [0.4, 0.5) is 0 Å². The predicted octanol–water partition coefficient (Wildman–Crippen LogP) is 6.87. The van der Waals surface area contributed by atoms with Crippen LogP contribution in [0.15, 0.2) is 87.6 Å². The van der Waals surface area contributed by atoms with Crippen molar-refractivity contribution in [3.8, 4) is 23.1 Å². The first-order chi connectivity index (χ1) is 18.5. The molecule has 0 atom stereocenters. The lowest BCUT2D eigenvalue weighted by Gasteiger charge is -2.15. The average Bonchev–Trinajstić information content (AvgIpc) is 3.33. The fourth-order valence-corrected chi connectivity index (χ4v) is 4.46. The molecule has 2 heterocycles. The van der Waals surface area contributed by atoms with E-state index in [9.17, 15) is 4.79 Å². The third-order valence-corrected chi connectivity index (χ3v) is 6.12. The molecular formula is C30H26ClN3O4. The van der Waals surface area contributed by atoms with Crippen LogP contribution < -0.4 is 15.0 Å². The van der Waals surface area contributed by atoms with Gasteiger partial charge in [0.05, 0.1) is 30.3 Å². The Morgan fingerprint density at radius 1 is 1.08 bits per heavy atom. The second kappa shape index (κ2) is 10.9. The van der Waals surface area contributed by atoms with Gasteiger partial charge in [0.25, 0.3) is 5.56 Å². The molecule has 0 fully saturated rings. The molecule has 0 bridgehead atoms. The quantitative estimate of drug-likeness (QED) is 0.154. The number of fused-ring (bicyclic) bond motifs is 2. The molecule has 0 amide bonds. The molecule has 2 aromatic heterocycles. The van der Waals surface area contributed by atoms with E-state index < -0.39 is 0 Å². The Balaban J connectivity index is 1.68. The highest BCUT2D eigenvalue weighted by molar-refractivity contribution is 6.31. The van der Waals surface area contributed by atoms with E-state index in [0.29, 0.717) is 58.4 Å². The minimum absolute atomic E-state index is 0.277. The van der Waals surface area contributed by atoms with Gasteiger partial charge in [-0.15, -0.1) is 6.58 Å². The largest absolute Gasteiger partial charge is 0.490 e. The molecule has 0 aliphatic heterocycles. The minimum Gasteiger partial charge on any atom is -0.490 e. The third-order valence-electron chi connectivity index (χ3n) is 5.88. The third kappa shape index (κ3) is 4.93. The van der Waals surface area contributed by atoms with E-state index in [1.165, 1.54) is 4.68 Å². The van der Waals surface area contributed by atoms with Crippen molar-refractivity contribution in [2.45, 2.75) is 20.3 Å². The van der Waals surface area contributed by atoms with E-state index in [1.54, 1.807) is 54.8 Å². The van der Waals surface area contributed by atoms with Crippen molar-refractivity contribution in [2.24, 2.45) is 5.10 Å². The zero-order valence-corrected chi connectivity index (χ0v) is 21.9. The van der Waals surface area contributed by atoms with Gasteiger partial charge in [-0.2, -0.15) is 9.78 Å². The van der Waals surface area contributed by atoms with E-state index in [1.807, 2.05) is 32.0 Å². The number of hydrogen-bond acceptors (Lipinski definition) is 6. The van der Waals surface area contributed by atoms with Crippen LogP contribution in [0.1, 0.15) is 25.0 Å². The highest BCUT2D eigenvalue weighted by atomic mass is 35.5. The number of allylic oxidation sites excluding steroid dienone is 1. The van der Waals surface area contributed by atoms with Crippen LogP contribution in [0.5, 0.6) is 11.5 Å². The first kappa shape index (κ1) is 25.3. The fourth-order valence-electron chi connectivity index (χ4n) is 4.28. The normalized spacial score (nSPS) is 11.4. The Morgan fingerprint density at radius 3 is 2.68 bits per heavy atom. The van der Waals surface area contributed by atoms with Crippen molar-refractivity contribution in [1.82, 2.24) is 9.66 Å². The SMILES string of the molecule is C=CCc1cc(C=Nn2c(-c3cc4cc(Cl)ccc4o3)nc3ccccc3c2=O)cc(OCC)c1OCC. The maximum absolute atomic E-state index is 13.6. The number of halogens is 1. The minimum atomic E-state index is -0.317. The smallest absolute Gasteiger partial charge is 0.282 e. The molecule has 0 saturated heterocycles. The van der Waals surface area contributed by atoms with Crippen LogP contribution in [0.3, 0.4) is 0 Å². The first-order valence-electron chi connectivity index (χ1n) is 12.3. The number of rotatable bonds is 9. The number of para-hydroxylation sites is 1. The van der Waals surface area contributed by atoms with Crippen LogP contribution in [0, 0.1) is 0 Å². The maximum Gasteiger partial charge on any atom is 0.282 e. The Bertz CT molecular complexity index is 1740. The number of furan rings is 1. The summed E-state index contributed by atoms with van der Waals surface area (Å²) in [5, 5.41) is 6.41. The van der Waals surface area contributed by atoms with Gasteiger partial charge in [0.2, 0.25) is 5.82 Å². The van der Waals surface area contributed by atoms with Crippen LogP contribution in [0.2, 0.25) is 5.02 Å². The van der Waals surface area contributed by atoms with Crippen molar-refractivity contribution in [2.75, 3.05) is 13.2 Å². The van der Waals surface area contributed by atoms with Gasteiger partial charge in [0, 0.05) is 16.0 Å². The van der Waals surface area contributed by atoms with Crippen LogP contribution in [-0.2, 0) is 6.42 Å². The fraction of sp³-hybridized carbons (Fsp3) is 0.167. The molecule has 8 heteroatoms. The van der Waals surface area contributed by atoms with E-state index in [-0.39, 0.29) is 11.4 Å². The number of nitrogens with zero attached hydrogens (tertiary/aromatic N) is 3. The molecule has 7 nitrogen and oxygen atoms in total. The van der Waals surface area contributed by atoms with E-state index >= 15 is 0 Å². The molecule has 0 radical (unpaired) electrons. The van der Waals surface area contributed by atoms with Crippen LogP contribution in [0.25, 0.3) is 33.5 Å². The highest BCUT2D eigenvalue weighted by Crippen LogP contribution is 2.34. The monoisotopic (exact) mass is 527 g/mol. The van der Waals surface area contributed by atoms with Gasteiger partial charge < -0.3 is 13.9 Å². The lowest BCUT2D eigenvalue weighted by molar-refractivity contribution is 0.285. The topological polar surface area (TPSA) is 78.9 Å². The molecule has 0 unspecified atom stereocenters. The summed E-state index contributed by atoms with van der Waals surface area (Å²) in [5.41, 5.74) is 2.50. The molecule has 5 rings (SSSR count). The second-order valence-electron chi connectivity index (χ2n) is 8.47. The Kier molecular flexibility index (Phi) is 7.29. The lowest BCUT2D eigenvalue weighted by atomic mass is 10.1. The van der Waals surface area contributed by atoms with Crippen molar-refractivity contribution in [3.05, 3.63) is 99.8 Å². The molecular weight excluding hydrogens is 502 g/mol. The van der Waals surface area contributed by atoms with Gasteiger partial charge >= 0.3 is 0 Å². The number of benzene rings is 3. The Morgan fingerprint density at radius 2 is 1.89 bits per heavy atom. The molecule has 38 heavy (non-hydrogen) atoms. The van der Waals surface area contributed by atoms with E-state index in [4.69, 9.17) is 30.5 Å². The summed E-state index contributed by atoms with van der Waals surface area (Å²) in [5.74, 6) is 1.96. The summed E-state index contributed by atoms with van der Waals surface area (Å²) in [6.45, 7) is 8.68. The standard InChI is InChI=1S/C30H26ClN3O4/c1-4-9-20-14-19(15-26(36-5-2)28(20)37-6-3)18-32-34-29(33-24-11-8-7-10-23(24)30(34)35)27-17-21-16-22(31)12-13-25(21)38-27/h4,7-8,10-18H,1,5-6,9H2,2-3H3. The van der Waals surface area contributed by atoms with E-state index in [2.05, 4.69) is 11.7 Å². The van der Waals surface area contributed by atoms with Gasteiger partial charge in [-0.3, -0.25) is 4.79 Å².